The zero-order chi connectivity index (χ0) is 14.7. The minimum absolute atomic E-state index is 0. The molecule has 0 saturated carbocycles. The van der Waals surface area contributed by atoms with Crippen LogP contribution in [0.5, 0.6) is 0 Å². The molecule has 1 aromatic heterocycles. The summed E-state index contributed by atoms with van der Waals surface area (Å²) in [4.78, 5) is 30.8. The molecular weight excluding hydrogens is 324 g/mol. The summed E-state index contributed by atoms with van der Waals surface area (Å²) in [6, 6.07) is -0.337. The van der Waals surface area contributed by atoms with E-state index in [-0.39, 0.29) is 36.2 Å². The fourth-order valence-electron chi connectivity index (χ4n) is 3.08. The van der Waals surface area contributed by atoms with E-state index in [1.807, 2.05) is 5.38 Å². The lowest BCUT2D eigenvalue weighted by Gasteiger charge is -2.30. The van der Waals surface area contributed by atoms with Gasteiger partial charge in [0.15, 0.2) is 5.13 Å². The van der Waals surface area contributed by atoms with Gasteiger partial charge < -0.3 is 15.5 Å². The second kappa shape index (κ2) is 7.89. The Labute approximate surface area is 140 Å². The Hall–Kier alpha value is -1.18. The van der Waals surface area contributed by atoms with Gasteiger partial charge in [-0.15, -0.1) is 23.7 Å². The summed E-state index contributed by atoms with van der Waals surface area (Å²) in [5.74, 6) is 0.109. The van der Waals surface area contributed by atoms with Crippen molar-refractivity contribution >= 4 is 40.7 Å². The minimum Gasteiger partial charge on any atom is -0.330 e. The molecule has 0 radical (unpaired) electrons. The average Bonchev–Trinajstić information content (AvgIpc) is 3.18. The average molecular weight is 345 g/mol. The van der Waals surface area contributed by atoms with E-state index in [1.165, 1.54) is 11.3 Å². The molecule has 2 aliphatic rings. The van der Waals surface area contributed by atoms with E-state index in [1.54, 1.807) is 11.1 Å². The standard InChI is InChI=1S/C14H20N4O2S.ClH/c19-12(17-14-16-7-9-21-14)11-2-1-8-18(11)13(20)10-3-5-15-6-4-10;/h7,9-11,15H,1-6,8H2,(H,16,17,19);1H. The molecule has 1 unspecified atom stereocenters. The number of hydrogen-bond donors (Lipinski definition) is 2. The van der Waals surface area contributed by atoms with Crippen molar-refractivity contribution in [2.24, 2.45) is 5.92 Å². The first kappa shape index (κ1) is 17.2. The third-order valence-electron chi connectivity index (χ3n) is 4.19. The fourth-order valence-corrected chi connectivity index (χ4v) is 3.61. The number of aromatic nitrogens is 1. The molecule has 1 aromatic rings. The lowest BCUT2D eigenvalue weighted by atomic mass is 9.96. The van der Waals surface area contributed by atoms with Gasteiger partial charge in [-0.05, 0) is 38.8 Å². The lowest BCUT2D eigenvalue weighted by Crippen LogP contribution is -2.47. The largest absolute Gasteiger partial charge is 0.330 e. The van der Waals surface area contributed by atoms with Gasteiger partial charge in [0.25, 0.3) is 0 Å². The van der Waals surface area contributed by atoms with Crippen LogP contribution in [0.15, 0.2) is 11.6 Å². The van der Waals surface area contributed by atoms with Gasteiger partial charge in [-0.2, -0.15) is 0 Å². The Kier molecular flexibility index (Phi) is 6.16. The van der Waals surface area contributed by atoms with Crippen molar-refractivity contribution in [2.75, 3.05) is 25.0 Å². The Morgan fingerprint density at radius 2 is 2.09 bits per heavy atom. The first-order valence-electron chi connectivity index (χ1n) is 7.47. The van der Waals surface area contributed by atoms with Crippen LogP contribution in [0.3, 0.4) is 0 Å². The second-order valence-electron chi connectivity index (χ2n) is 5.54. The summed E-state index contributed by atoms with van der Waals surface area (Å²) in [6.07, 6.45) is 5.04. The molecule has 22 heavy (non-hydrogen) atoms. The van der Waals surface area contributed by atoms with Gasteiger partial charge in [-0.25, -0.2) is 4.98 Å². The molecule has 3 rings (SSSR count). The van der Waals surface area contributed by atoms with Gasteiger partial charge in [0.1, 0.15) is 6.04 Å². The van der Waals surface area contributed by atoms with E-state index in [0.717, 1.165) is 38.8 Å². The molecule has 6 nitrogen and oxygen atoms in total. The lowest BCUT2D eigenvalue weighted by molar-refractivity contribution is -0.140. The predicted molar refractivity (Wildman–Crippen MR) is 88.3 cm³/mol. The number of nitrogens with zero attached hydrogens (tertiary/aromatic N) is 2. The van der Waals surface area contributed by atoms with E-state index in [0.29, 0.717) is 11.7 Å². The molecule has 2 aliphatic heterocycles. The molecule has 0 aliphatic carbocycles. The van der Waals surface area contributed by atoms with Crippen molar-refractivity contribution in [1.29, 1.82) is 0 Å². The van der Waals surface area contributed by atoms with Gasteiger partial charge >= 0.3 is 0 Å². The van der Waals surface area contributed by atoms with E-state index in [9.17, 15) is 9.59 Å². The topological polar surface area (TPSA) is 74.3 Å². The van der Waals surface area contributed by atoms with Gasteiger partial charge in [-0.3, -0.25) is 9.59 Å². The Morgan fingerprint density at radius 1 is 1.32 bits per heavy atom. The molecule has 1 atom stereocenters. The molecule has 2 saturated heterocycles. The SMILES string of the molecule is Cl.O=C(Nc1nccs1)C1CCCN1C(=O)C1CCNCC1. The summed E-state index contributed by atoms with van der Waals surface area (Å²) in [5, 5.41) is 8.50. The highest BCUT2D eigenvalue weighted by atomic mass is 35.5. The van der Waals surface area contributed by atoms with Crippen molar-refractivity contribution in [3.8, 4) is 0 Å². The number of hydrogen-bond acceptors (Lipinski definition) is 5. The number of carbonyl (C=O) groups excluding carboxylic acids is 2. The van der Waals surface area contributed by atoms with Crippen molar-refractivity contribution in [2.45, 2.75) is 31.7 Å². The molecular formula is C14H21ClN4O2S. The van der Waals surface area contributed by atoms with E-state index in [4.69, 9.17) is 0 Å². The van der Waals surface area contributed by atoms with Crippen LogP contribution in [0.2, 0.25) is 0 Å². The Bertz CT molecular complexity index is 505. The number of halogens is 1. The van der Waals surface area contributed by atoms with Crippen molar-refractivity contribution < 1.29 is 9.59 Å². The number of piperidine rings is 1. The molecule has 2 fully saturated rings. The normalized spacial score (nSPS) is 22.2. The number of carbonyl (C=O) groups is 2. The third-order valence-corrected chi connectivity index (χ3v) is 4.88. The van der Waals surface area contributed by atoms with Crippen LogP contribution < -0.4 is 10.6 Å². The maximum absolute atomic E-state index is 12.6. The maximum atomic E-state index is 12.6. The summed E-state index contributed by atoms with van der Waals surface area (Å²) in [6.45, 7) is 2.47. The summed E-state index contributed by atoms with van der Waals surface area (Å²) in [7, 11) is 0. The Morgan fingerprint density at radius 3 is 2.77 bits per heavy atom. The van der Waals surface area contributed by atoms with Crippen molar-refractivity contribution in [3.05, 3.63) is 11.6 Å². The highest BCUT2D eigenvalue weighted by molar-refractivity contribution is 7.13. The van der Waals surface area contributed by atoms with E-state index in [2.05, 4.69) is 15.6 Å². The van der Waals surface area contributed by atoms with Crippen LogP contribution >= 0.6 is 23.7 Å². The molecule has 122 valence electrons. The minimum atomic E-state index is -0.337. The van der Waals surface area contributed by atoms with Crippen LogP contribution in [0, 0.1) is 5.92 Å². The smallest absolute Gasteiger partial charge is 0.248 e. The van der Waals surface area contributed by atoms with Gasteiger partial charge in [0.2, 0.25) is 11.8 Å². The van der Waals surface area contributed by atoms with Gasteiger partial charge in [-0.1, -0.05) is 0 Å². The quantitative estimate of drug-likeness (QED) is 0.871. The molecule has 0 aromatic carbocycles. The number of likely N-dealkylation sites (tertiary alicyclic amines) is 1. The molecule has 8 heteroatoms. The highest BCUT2D eigenvalue weighted by Crippen LogP contribution is 2.24. The Balaban J connectivity index is 0.00000176. The first-order valence-corrected chi connectivity index (χ1v) is 8.35. The van der Waals surface area contributed by atoms with Crippen LogP contribution in [0.1, 0.15) is 25.7 Å². The van der Waals surface area contributed by atoms with Crippen molar-refractivity contribution in [1.82, 2.24) is 15.2 Å². The molecule has 0 spiro atoms. The monoisotopic (exact) mass is 344 g/mol. The highest BCUT2D eigenvalue weighted by Gasteiger charge is 2.37. The zero-order valence-electron chi connectivity index (χ0n) is 12.3. The summed E-state index contributed by atoms with van der Waals surface area (Å²) in [5.41, 5.74) is 0. The zero-order valence-corrected chi connectivity index (χ0v) is 13.9. The van der Waals surface area contributed by atoms with E-state index >= 15 is 0 Å². The molecule has 2 amide bonds. The number of rotatable bonds is 3. The van der Waals surface area contributed by atoms with Crippen molar-refractivity contribution in [3.63, 3.8) is 0 Å². The van der Waals surface area contributed by atoms with Crippen LogP contribution in [-0.2, 0) is 9.59 Å². The van der Waals surface area contributed by atoms with Crippen LogP contribution in [0.4, 0.5) is 5.13 Å². The van der Waals surface area contributed by atoms with E-state index < -0.39 is 0 Å². The number of nitrogens with one attached hydrogen (secondary N) is 2. The fraction of sp³-hybridized carbons (Fsp3) is 0.643. The third kappa shape index (κ3) is 3.77. The summed E-state index contributed by atoms with van der Waals surface area (Å²) >= 11 is 1.39. The molecule has 0 bridgehead atoms. The predicted octanol–water partition coefficient (Wildman–Crippen LogP) is 1.49. The molecule has 2 N–H and O–H groups in total. The van der Waals surface area contributed by atoms with Gasteiger partial charge in [0.05, 0.1) is 0 Å². The number of anilines is 1. The second-order valence-corrected chi connectivity index (χ2v) is 6.44. The maximum Gasteiger partial charge on any atom is 0.248 e. The summed E-state index contributed by atoms with van der Waals surface area (Å²) < 4.78 is 0. The first-order chi connectivity index (χ1) is 10.3. The molecule has 3 heterocycles. The van der Waals surface area contributed by atoms with Gasteiger partial charge in [0, 0.05) is 24.0 Å². The van der Waals surface area contributed by atoms with Crippen LogP contribution in [0.25, 0.3) is 0 Å². The number of amides is 2. The number of thiazole rings is 1. The van der Waals surface area contributed by atoms with Crippen LogP contribution in [-0.4, -0.2) is 47.4 Å².